The van der Waals surface area contributed by atoms with Crippen molar-refractivity contribution in [2.24, 2.45) is 5.84 Å². The Labute approximate surface area is 77.1 Å². The number of hydrazine groups is 1. The minimum Gasteiger partial charge on any atom is -0.463 e. The highest BCUT2D eigenvalue weighted by atomic mass is 16.5. The maximum absolute atomic E-state index is 5.71. The van der Waals surface area contributed by atoms with Gasteiger partial charge in [-0.15, -0.1) is 0 Å². The molecule has 0 amide bonds. The molecule has 4 nitrogen and oxygen atoms in total. The van der Waals surface area contributed by atoms with Gasteiger partial charge in [0.05, 0.1) is 11.9 Å². The van der Waals surface area contributed by atoms with Crippen LogP contribution in [0.5, 0.6) is 5.75 Å². The fourth-order valence-electron chi connectivity index (χ4n) is 1.12. The van der Waals surface area contributed by atoms with E-state index in [0.717, 1.165) is 5.56 Å². The zero-order valence-electron chi connectivity index (χ0n) is 7.50. The lowest BCUT2D eigenvalue weighted by atomic mass is 10.2. The van der Waals surface area contributed by atoms with Crippen LogP contribution in [0.25, 0.3) is 0 Å². The van der Waals surface area contributed by atoms with Crippen molar-refractivity contribution in [3.05, 3.63) is 30.5 Å². The Balaban J connectivity index is 3.20. The number of benzene rings is 1. The highest BCUT2D eigenvalue weighted by molar-refractivity contribution is 5.74. The molecule has 13 heavy (non-hydrogen) atoms. The number of aryl methyl sites for hydroxylation is 1. The first-order valence-corrected chi connectivity index (χ1v) is 3.83. The first-order chi connectivity index (χ1) is 6.19. The second-order valence-electron chi connectivity index (χ2n) is 2.66. The zero-order chi connectivity index (χ0) is 9.84. The number of hydrogen-bond acceptors (Lipinski definition) is 4. The normalized spacial score (nSPS) is 9.38. The Bertz CT molecular complexity index is 323. The quantitative estimate of drug-likeness (QED) is 0.284. The molecule has 4 heteroatoms. The van der Waals surface area contributed by atoms with Crippen LogP contribution in [-0.2, 0) is 0 Å². The molecular weight excluding hydrogens is 166 g/mol. The molecule has 70 valence electrons. The Morgan fingerprint density at radius 2 is 2.23 bits per heavy atom. The molecule has 0 atom stereocenters. The van der Waals surface area contributed by atoms with Crippen molar-refractivity contribution in [3.8, 4) is 5.75 Å². The van der Waals surface area contributed by atoms with Gasteiger partial charge in [-0.05, 0) is 24.6 Å². The summed E-state index contributed by atoms with van der Waals surface area (Å²) >= 11 is 0. The molecule has 0 saturated carbocycles. The van der Waals surface area contributed by atoms with Gasteiger partial charge in [-0.2, -0.15) is 0 Å². The standard InChI is InChI=1S/C9H13N3O/c1-3-13-8-5-6(2)4-7(10)9(8)12-11/h3-5,12H,1,10-11H2,2H3. The van der Waals surface area contributed by atoms with Gasteiger partial charge < -0.3 is 15.9 Å². The molecule has 0 aliphatic carbocycles. The molecule has 1 aromatic rings. The number of anilines is 2. The summed E-state index contributed by atoms with van der Waals surface area (Å²) in [6.45, 7) is 5.38. The Hall–Kier alpha value is -1.68. The maximum atomic E-state index is 5.71. The van der Waals surface area contributed by atoms with Gasteiger partial charge in [-0.3, -0.25) is 5.84 Å². The van der Waals surface area contributed by atoms with E-state index in [0.29, 0.717) is 17.1 Å². The van der Waals surface area contributed by atoms with Crippen molar-refractivity contribution in [1.29, 1.82) is 0 Å². The highest BCUT2D eigenvalue weighted by Crippen LogP contribution is 2.31. The minimum atomic E-state index is 0.555. The summed E-state index contributed by atoms with van der Waals surface area (Å²) in [7, 11) is 0. The monoisotopic (exact) mass is 179 g/mol. The van der Waals surface area contributed by atoms with Crippen molar-refractivity contribution >= 4 is 11.4 Å². The van der Waals surface area contributed by atoms with E-state index in [1.54, 1.807) is 0 Å². The van der Waals surface area contributed by atoms with Gasteiger partial charge in [0.1, 0.15) is 5.69 Å². The summed E-state index contributed by atoms with van der Waals surface area (Å²) in [6, 6.07) is 3.64. The lowest BCUT2D eigenvalue weighted by molar-refractivity contribution is 0.485. The SMILES string of the molecule is C=COc1cc(C)cc(N)c1NN. The van der Waals surface area contributed by atoms with Crippen LogP contribution >= 0.6 is 0 Å². The third kappa shape index (κ3) is 1.91. The highest BCUT2D eigenvalue weighted by Gasteiger charge is 2.06. The number of nitrogens with one attached hydrogen (secondary N) is 1. The van der Waals surface area contributed by atoms with Crippen molar-refractivity contribution < 1.29 is 4.74 Å². The molecular formula is C9H13N3O. The van der Waals surface area contributed by atoms with Crippen LogP contribution in [0.4, 0.5) is 11.4 Å². The first kappa shape index (κ1) is 9.41. The number of nitrogens with two attached hydrogens (primary N) is 2. The van der Waals surface area contributed by atoms with Gasteiger partial charge in [0, 0.05) is 0 Å². The maximum Gasteiger partial charge on any atom is 0.153 e. The summed E-state index contributed by atoms with van der Waals surface area (Å²) in [4.78, 5) is 0. The van der Waals surface area contributed by atoms with Gasteiger partial charge in [-0.1, -0.05) is 6.58 Å². The largest absolute Gasteiger partial charge is 0.463 e. The molecule has 0 fully saturated rings. The number of hydrogen-bond donors (Lipinski definition) is 3. The van der Waals surface area contributed by atoms with E-state index in [1.165, 1.54) is 6.26 Å². The van der Waals surface area contributed by atoms with Crippen molar-refractivity contribution in [1.82, 2.24) is 0 Å². The summed E-state index contributed by atoms with van der Waals surface area (Å²) in [5, 5.41) is 0. The fraction of sp³-hybridized carbons (Fsp3) is 0.111. The third-order valence-electron chi connectivity index (χ3n) is 1.63. The molecule has 0 bridgehead atoms. The van der Waals surface area contributed by atoms with Crippen LogP contribution in [0.15, 0.2) is 25.0 Å². The predicted octanol–water partition coefficient (Wildman–Crippen LogP) is 1.39. The molecule has 0 spiro atoms. The number of ether oxygens (including phenoxy) is 1. The first-order valence-electron chi connectivity index (χ1n) is 3.83. The van der Waals surface area contributed by atoms with Crippen molar-refractivity contribution in [2.75, 3.05) is 11.2 Å². The van der Waals surface area contributed by atoms with Crippen LogP contribution in [-0.4, -0.2) is 0 Å². The molecule has 0 aliphatic rings. The van der Waals surface area contributed by atoms with E-state index >= 15 is 0 Å². The molecule has 1 aromatic carbocycles. The smallest absolute Gasteiger partial charge is 0.153 e. The van der Waals surface area contributed by atoms with Gasteiger partial charge in [0.15, 0.2) is 5.75 Å². The van der Waals surface area contributed by atoms with E-state index in [9.17, 15) is 0 Å². The third-order valence-corrected chi connectivity index (χ3v) is 1.63. The van der Waals surface area contributed by atoms with E-state index in [4.69, 9.17) is 16.3 Å². The van der Waals surface area contributed by atoms with Crippen LogP contribution in [0, 0.1) is 6.92 Å². The average Bonchev–Trinajstić information content (AvgIpc) is 2.04. The van der Waals surface area contributed by atoms with E-state index < -0.39 is 0 Å². The second kappa shape index (κ2) is 3.82. The lowest BCUT2D eigenvalue weighted by Gasteiger charge is -2.11. The number of rotatable bonds is 3. The van der Waals surface area contributed by atoms with E-state index in [-0.39, 0.29) is 0 Å². The van der Waals surface area contributed by atoms with Crippen LogP contribution in [0.1, 0.15) is 5.56 Å². The molecule has 0 saturated heterocycles. The Morgan fingerprint density at radius 1 is 1.54 bits per heavy atom. The molecule has 0 radical (unpaired) electrons. The topological polar surface area (TPSA) is 73.3 Å². The fourth-order valence-corrected chi connectivity index (χ4v) is 1.12. The van der Waals surface area contributed by atoms with Gasteiger partial charge in [-0.25, -0.2) is 0 Å². The van der Waals surface area contributed by atoms with E-state index in [2.05, 4.69) is 12.0 Å². The Morgan fingerprint density at radius 3 is 2.77 bits per heavy atom. The predicted molar refractivity (Wildman–Crippen MR) is 54.2 cm³/mol. The number of nitrogen functional groups attached to an aromatic ring is 2. The van der Waals surface area contributed by atoms with Crippen LogP contribution in [0.2, 0.25) is 0 Å². The van der Waals surface area contributed by atoms with Gasteiger partial charge in [0.2, 0.25) is 0 Å². The van der Waals surface area contributed by atoms with Crippen molar-refractivity contribution in [2.45, 2.75) is 6.92 Å². The molecule has 1 rings (SSSR count). The van der Waals surface area contributed by atoms with Gasteiger partial charge in [0.25, 0.3) is 0 Å². The second-order valence-corrected chi connectivity index (χ2v) is 2.66. The van der Waals surface area contributed by atoms with Crippen LogP contribution < -0.4 is 21.7 Å². The lowest BCUT2D eigenvalue weighted by Crippen LogP contribution is -2.10. The summed E-state index contributed by atoms with van der Waals surface area (Å²) < 4.78 is 5.13. The zero-order valence-corrected chi connectivity index (χ0v) is 7.50. The van der Waals surface area contributed by atoms with Crippen LogP contribution in [0.3, 0.4) is 0 Å². The van der Waals surface area contributed by atoms with E-state index in [1.807, 2.05) is 19.1 Å². The molecule has 0 heterocycles. The average molecular weight is 179 g/mol. The van der Waals surface area contributed by atoms with Crippen molar-refractivity contribution in [3.63, 3.8) is 0 Å². The Kier molecular flexibility index (Phi) is 2.76. The summed E-state index contributed by atoms with van der Waals surface area (Å²) in [6.07, 6.45) is 1.33. The minimum absolute atomic E-state index is 0.555. The molecule has 5 N–H and O–H groups in total. The summed E-state index contributed by atoms with van der Waals surface area (Å²) in [5.74, 6) is 5.87. The summed E-state index contributed by atoms with van der Waals surface area (Å²) in [5.41, 5.74) is 10.3. The molecule has 0 aliphatic heterocycles. The molecule has 0 aromatic heterocycles. The molecule has 0 unspecified atom stereocenters. The van der Waals surface area contributed by atoms with Gasteiger partial charge >= 0.3 is 0 Å².